The Labute approximate surface area is 178 Å². The average molecular weight is 409 g/mol. The van der Waals surface area contributed by atoms with Crippen LogP contribution in [0.1, 0.15) is 36.5 Å². The number of aromatic amines is 1. The number of unbranched alkanes of at least 4 members (excludes halogenated alkanes) is 1. The lowest BCUT2D eigenvalue weighted by Crippen LogP contribution is -2.43. The number of hydrogen-bond acceptors (Lipinski definition) is 6. The second-order valence-corrected chi connectivity index (χ2v) is 8.20. The fourth-order valence-electron chi connectivity index (χ4n) is 3.81. The molecule has 7 nitrogen and oxygen atoms in total. The van der Waals surface area contributed by atoms with Crippen molar-refractivity contribution in [3.63, 3.8) is 0 Å². The molecule has 1 aliphatic rings. The summed E-state index contributed by atoms with van der Waals surface area (Å²) in [6.45, 7) is 8.32. The Morgan fingerprint density at radius 2 is 1.80 bits per heavy atom. The van der Waals surface area contributed by atoms with Crippen LogP contribution in [0, 0.1) is 0 Å². The first-order valence-corrected chi connectivity index (χ1v) is 10.9. The van der Waals surface area contributed by atoms with E-state index in [2.05, 4.69) is 63.0 Å². The molecular weight excluding hydrogens is 376 g/mol. The van der Waals surface area contributed by atoms with Gasteiger partial charge in [-0.25, -0.2) is 0 Å². The van der Waals surface area contributed by atoms with Gasteiger partial charge in [0.1, 0.15) is 11.0 Å². The molecule has 1 aliphatic heterocycles. The lowest BCUT2D eigenvalue weighted by Gasteiger charge is -2.32. The van der Waals surface area contributed by atoms with Crippen LogP contribution < -0.4 is 10.5 Å². The van der Waals surface area contributed by atoms with E-state index in [4.69, 9.17) is 10.5 Å². The predicted octanol–water partition coefficient (Wildman–Crippen LogP) is 3.06. The second-order valence-electron chi connectivity index (χ2n) is 8.20. The third-order valence-electron chi connectivity index (χ3n) is 5.76. The Hall–Kier alpha value is -2.64. The summed E-state index contributed by atoms with van der Waals surface area (Å²) in [6.07, 6.45) is 4.81. The highest BCUT2D eigenvalue weighted by molar-refractivity contribution is 5.87. The summed E-state index contributed by atoms with van der Waals surface area (Å²) in [5.74, 6) is 0.431. The third kappa shape index (κ3) is 4.91. The number of nitrogens with one attached hydrogen (secondary N) is 1. The SMILES string of the molecule is CCCCOc1nc(N)c2[nH]cc(Cc3ccc(CN4CCN(C)CC4)cc3)c2n1. The van der Waals surface area contributed by atoms with E-state index in [1.807, 2.05) is 6.20 Å². The van der Waals surface area contributed by atoms with Crippen molar-refractivity contribution in [1.29, 1.82) is 0 Å². The van der Waals surface area contributed by atoms with E-state index in [1.165, 1.54) is 11.1 Å². The van der Waals surface area contributed by atoms with E-state index in [0.717, 1.165) is 68.6 Å². The first-order chi connectivity index (χ1) is 14.6. The fourth-order valence-corrected chi connectivity index (χ4v) is 3.81. The van der Waals surface area contributed by atoms with Gasteiger partial charge >= 0.3 is 6.01 Å². The summed E-state index contributed by atoms with van der Waals surface area (Å²) >= 11 is 0. The Balaban J connectivity index is 1.44. The van der Waals surface area contributed by atoms with Gasteiger partial charge in [0.15, 0.2) is 5.82 Å². The molecule has 1 aromatic carbocycles. The number of nitrogen functional groups attached to an aromatic ring is 1. The Bertz CT molecular complexity index is 960. The lowest BCUT2D eigenvalue weighted by molar-refractivity contribution is 0.148. The molecule has 4 rings (SSSR count). The molecule has 0 aliphatic carbocycles. The quantitative estimate of drug-likeness (QED) is 0.558. The molecule has 30 heavy (non-hydrogen) atoms. The second kappa shape index (κ2) is 9.45. The van der Waals surface area contributed by atoms with E-state index < -0.39 is 0 Å². The van der Waals surface area contributed by atoms with Crippen LogP contribution in [0.4, 0.5) is 5.82 Å². The van der Waals surface area contributed by atoms with Crippen molar-refractivity contribution in [3.8, 4) is 6.01 Å². The zero-order valence-electron chi connectivity index (χ0n) is 18.0. The van der Waals surface area contributed by atoms with Gasteiger partial charge in [0.2, 0.25) is 0 Å². The normalized spacial score (nSPS) is 15.7. The summed E-state index contributed by atoms with van der Waals surface area (Å²) in [5, 5.41) is 0. The first-order valence-electron chi connectivity index (χ1n) is 10.9. The van der Waals surface area contributed by atoms with Crippen LogP contribution in [-0.4, -0.2) is 64.6 Å². The summed E-state index contributed by atoms with van der Waals surface area (Å²) in [4.78, 5) is 17.0. The van der Waals surface area contributed by atoms with E-state index in [-0.39, 0.29) is 0 Å². The van der Waals surface area contributed by atoms with Crippen LogP contribution in [0.3, 0.4) is 0 Å². The van der Waals surface area contributed by atoms with Gasteiger partial charge in [-0.05, 0) is 24.6 Å². The zero-order chi connectivity index (χ0) is 20.9. The number of piperazine rings is 1. The van der Waals surface area contributed by atoms with Crippen LogP contribution in [0.2, 0.25) is 0 Å². The lowest BCUT2D eigenvalue weighted by atomic mass is 10.0. The van der Waals surface area contributed by atoms with Crippen molar-refractivity contribution >= 4 is 16.9 Å². The van der Waals surface area contributed by atoms with Gasteiger partial charge in [-0.2, -0.15) is 9.97 Å². The van der Waals surface area contributed by atoms with Crippen LogP contribution in [0.25, 0.3) is 11.0 Å². The zero-order valence-corrected chi connectivity index (χ0v) is 18.0. The number of ether oxygens (including phenoxy) is 1. The molecule has 0 unspecified atom stereocenters. The molecule has 2 aromatic heterocycles. The Morgan fingerprint density at radius 1 is 1.07 bits per heavy atom. The predicted molar refractivity (Wildman–Crippen MR) is 121 cm³/mol. The van der Waals surface area contributed by atoms with Crippen LogP contribution in [-0.2, 0) is 13.0 Å². The highest BCUT2D eigenvalue weighted by atomic mass is 16.5. The molecule has 1 saturated heterocycles. The maximum Gasteiger partial charge on any atom is 0.319 e. The van der Waals surface area contributed by atoms with Crippen LogP contribution in [0.15, 0.2) is 30.5 Å². The number of nitrogens with zero attached hydrogens (tertiary/aromatic N) is 4. The monoisotopic (exact) mass is 408 g/mol. The van der Waals surface area contributed by atoms with Gasteiger partial charge in [0.25, 0.3) is 0 Å². The molecule has 3 N–H and O–H groups in total. The summed E-state index contributed by atoms with van der Waals surface area (Å²) in [7, 11) is 2.19. The smallest absolute Gasteiger partial charge is 0.319 e. The van der Waals surface area contributed by atoms with Crippen molar-refractivity contribution in [1.82, 2.24) is 24.8 Å². The van der Waals surface area contributed by atoms with Gasteiger partial charge in [0.05, 0.1) is 6.61 Å². The molecule has 3 aromatic rings. The Morgan fingerprint density at radius 3 is 2.53 bits per heavy atom. The molecular formula is C23H32N6O. The van der Waals surface area contributed by atoms with Gasteiger partial charge < -0.3 is 20.4 Å². The highest BCUT2D eigenvalue weighted by Crippen LogP contribution is 2.25. The van der Waals surface area contributed by atoms with Crippen molar-refractivity contribution in [2.24, 2.45) is 0 Å². The van der Waals surface area contributed by atoms with Crippen LogP contribution in [0.5, 0.6) is 6.01 Å². The van der Waals surface area contributed by atoms with Gasteiger partial charge in [-0.1, -0.05) is 37.6 Å². The third-order valence-corrected chi connectivity index (χ3v) is 5.76. The van der Waals surface area contributed by atoms with Crippen molar-refractivity contribution in [3.05, 3.63) is 47.2 Å². The number of benzene rings is 1. The molecule has 0 radical (unpaired) electrons. The van der Waals surface area contributed by atoms with Crippen molar-refractivity contribution in [2.75, 3.05) is 45.6 Å². The van der Waals surface area contributed by atoms with Gasteiger partial charge in [0, 0.05) is 50.9 Å². The number of rotatable bonds is 8. The highest BCUT2D eigenvalue weighted by Gasteiger charge is 2.15. The van der Waals surface area contributed by atoms with Crippen molar-refractivity contribution < 1.29 is 4.74 Å². The molecule has 0 saturated carbocycles. The van der Waals surface area contributed by atoms with E-state index in [9.17, 15) is 0 Å². The first kappa shape index (κ1) is 20.6. The molecule has 3 heterocycles. The summed E-state index contributed by atoms with van der Waals surface area (Å²) in [5.41, 5.74) is 11.5. The molecule has 0 bridgehead atoms. The maximum absolute atomic E-state index is 6.12. The summed E-state index contributed by atoms with van der Waals surface area (Å²) in [6, 6.07) is 9.27. The van der Waals surface area contributed by atoms with E-state index in [0.29, 0.717) is 18.4 Å². The molecule has 160 valence electrons. The topological polar surface area (TPSA) is 83.3 Å². The standard InChI is InChI=1S/C23H32N6O/c1-3-4-13-30-23-26-20-19(15-25-21(20)22(24)27-23)14-17-5-7-18(8-6-17)16-29-11-9-28(2)10-12-29/h5-8,15,25H,3-4,9-14,16H2,1-2H3,(H2,24,26,27). The van der Waals surface area contributed by atoms with Crippen LogP contribution >= 0.6 is 0 Å². The minimum absolute atomic E-state index is 0.358. The van der Waals surface area contributed by atoms with Gasteiger partial charge in [-0.15, -0.1) is 0 Å². The molecule has 0 atom stereocenters. The number of aromatic nitrogens is 3. The largest absolute Gasteiger partial charge is 0.463 e. The molecule has 0 spiro atoms. The maximum atomic E-state index is 6.12. The number of nitrogens with two attached hydrogens (primary N) is 1. The van der Waals surface area contributed by atoms with Gasteiger partial charge in [-0.3, -0.25) is 4.90 Å². The fraction of sp³-hybridized carbons (Fsp3) is 0.478. The van der Waals surface area contributed by atoms with E-state index in [1.54, 1.807) is 0 Å². The minimum Gasteiger partial charge on any atom is -0.463 e. The molecule has 7 heteroatoms. The number of likely N-dealkylation sites (N-methyl/N-ethyl adjacent to an activating group) is 1. The van der Waals surface area contributed by atoms with E-state index >= 15 is 0 Å². The summed E-state index contributed by atoms with van der Waals surface area (Å²) < 4.78 is 5.68. The number of H-pyrrole nitrogens is 1. The Kier molecular flexibility index (Phi) is 6.50. The average Bonchev–Trinajstić information content (AvgIpc) is 3.15. The number of fused-ring (bicyclic) bond motifs is 1. The molecule has 0 amide bonds. The molecule has 1 fully saturated rings. The number of anilines is 1. The minimum atomic E-state index is 0.358. The van der Waals surface area contributed by atoms with Crippen molar-refractivity contribution in [2.45, 2.75) is 32.7 Å². The number of hydrogen-bond donors (Lipinski definition) is 2.